The van der Waals surface area contributed by atoms with E-state index < -0.39 is 5.91 Å². The number of benzene rings is 1. The maximum Gasteiger partial charge on any atom is 0.292 e. The molecule has 1 fully saturated rings. The number of aromatic nitrogens is 5. The average Bonchev–Trinajstić information content (AvgIpc) is 3.48. The van der Waals surface area contributed by atoms with Gasteiger partial charge in [0.15, 0.2) is 5.69 Å². The van der Waals surface area contributed by atoms with Crippen molar-refractivity contribution >= 4 is 17.4 Å². The molecule has 12 heteroatoms. The summed E-state index contributed by atoms with van der Waals surface area (Å²) in [6, 6.07) is 6.49. The number of carbonyl (C=O) groups is 1. The summed E-state index contributed by atoms with van der Waals surface area (Å²) in [4.78, 5) is 15.2. The third kappa shape index (κ3) is 3.98. The second-order valence-corrected chi connectivity index (χ2v) is 6.94. The Bertz CT molecular complexity index is 1070. The lowest BCUT2D eigenvalue weighted by Crippen LogP contribution is -2.26. The van der Waals surface area contributed by atoms with E-state index in [1.54, 1.807) is 31.2 Å². The van der Waals surface area contributed by atoms with E-state index >= 15 is 0 Å². The van der Waals surface area contributed by atoms with Crippen molar-refractivity contribution in [3.05, 3.63) is 41.2 Å². The zero-order valence-corrected chi connectivity index (χ0v) is 16.3. The molecule has 4 N–H and O–H groups in total. The van der Waals surface area contributed by atoms with E-state index in [1.807, 2.05) is 0 Å². The molecule has 3 aromatic rings. The highest BCUT2D eigenvalue weighted by Crippen LogP contribution is 2.19. The number of nitrogens with one attached hydrogen (secondary N) is 1. The van der Waals surface area contributed by atoms with Gasteiger partial charge in [-0.1, -0.05) is 5.21 Å². The predicted molar refractivity (Wildman–Crippen MR) is 106 cm³/mol. The Kier molecular flexibility index (Phi) is 5.39. The number of hydrogen-bond donors (Lipinski definition) is 3. The molecule has 1 amide bonds. The van der Waals surface area contributed by atoms with Crippen LogP contribution in [-0.4, -0.2) is 60.0 Å². The normalized spacial score (nSPS) is 14.9. The zero-order chi connectivity index (χ0) is 21.1. The molecule has 0 atom stereocenters. The van der Waals surface area contributed by atoms with Crippen LogP contribution < -0.4 is 11.2 Å². The highest BCUT2D eigenvalue weighted by molar-refractivity contribution is 6.00. The Hall–Kier alpha value is -3.80. The Morgan fingerprint density at radius 3 is 2.67 bits per heavy atom. The number of amides is 1. The molecule has 1 saturated heterocycles. The highest BCUT2D eigenvalue weighted by atomic mass is 16.6. The molecule has 12 nitrogen and oxygen atoms in total. The van der Waals surface area contributed by atoms with E-state index in [9.17, 15) is 9.90 Å². The summed E-state index contributed by atoms with van der Waals surface area (Å²) in [5.41, 5.74) is 10.3. The van der Waals surface area contributed by atoms with E-state index in [4.69, 9.17) is 5.73 Å². The number of nitrogens with two attached hydrogens (primary N) is 1. The van der Waals surface area contributed by atoms with Crippen molar-refractivity contribution in [3.63, 3.8) is 0 Å². The van der Waals surface area contributed by atoms with Crippen molar-refractivity contribution in [3.8, 4) is 11.6 Å². The van der Waals surface area contributed by atoms with Gasteiger partial charge in [-0.3, -0.25) is 9.69 Å². The third-order valence-corrected chi connectivity index (χ3v) is 4.83. The number of hydrogen-bond acceptors (Lipinski definition) is 10. The van der Waals surface area contributed by atoms with Crippen LogP contribution in [0.15, 0.2) is 34.0 Å². The number of phenolic OH excluding ortho intramolecular Hbond substituents is 1. The van der Waals surface area contributed by atoms with Gasteiger partial charge in [-0.15, -0.1) is 5.10 Å². The van der Waals surface area contributed by atoms with Gasteiger partial charge < -0.3 is 10.8 Å². The van der Waals surface area contributed by atoms with Gasteiger partial charge in [-0.25, -0.2) is 10.1 Å². The second-order valence-electron chi connectivity index (χ2n) is 6.94. The van der Waals surface area contributed by atoms with E-state index in [0.717, 1.165) is 31.5 Å². The van der Waals surface area contributed by atoms with Crippen molar-refractivity contribution in [2.75, 3.05) is 18.8 Å². The number of hydrazone groups is 1. The van der Waals surface area contributed by atoms with Crippen LogP contribution in [0.2, 0.25) is 0 Å². The third-order valence-electron chi connectivity index (χ3n) is 4.83. The predicted octanol–water partition coefficient (Wildman–Crippen LogP) is 0.688. The van der Waals surface area contributed by atoms with Gasteiger partial charge >= 0.3 is 0 Å². The Labute approximate surface area is 171 Å². The average molecular weight is 411 g/mol. The van der Waals surface area contributed by atoms with Crippen LogP contribution in [0.25, 0.3) is 5.82 Å². The number of rotatable bonds is 6. The topological polar surface area (TPSA) is 161 Å². The van der Waals surface area contributed by atoms with Gasteiger partial charge in [0.05, 0.1) is 5.71 Å². The summed E-state index contributed by atoms with van der Waals surface area (Å²) in [5.74, 6) is -0.296. The van der Waals surface area contributed by atoms with Crippen LogP contribution in [0, 0.1) is 0 Å². The van der Waals surface area contributed by atoms with Gasteiger partial charge in [0.1, 0.15) is 11.4 Å². The Morgan fingerprint density at radius 1 is 1.27 bits per heavy atom. The van der Waals surface area contributed by atoms with Gasteiger partial charge in [-0.05, 0) is 73.0 Å². The quantitative estimate of drug-likeness (QED) is 0.391. The molecular formula is C18H21N9O3. The smallest absolute Gasteiger partial charge is 0.292 e. The number of carbonyl (C=O) groups excluding carboxylic acids is 1. The van der Waals surface area contributed by atoms with Crippen LogP contribution in [0.3, 0.4) is 0 Å². The Morgan fingerprint density at radius 2 is 2.00 bits per heavy atom. The Balaban J connectivity index is 1.62. The van der Waals surface area contributed by atoms with Crippen molar-refractivity contribution in [1.29, 1.82) is 0 Å². The number of aromatic hydroxyl groups is 1. The molecule has 0 radical (unpaired) electrons. The summed E-state index contributed by atoms with van der Waals surface area (Å²) >= 11 is 0. The first kappa shape index (κ1) is 19.5. The first-order valence-corrected chi connectivity index (χ1v) is 9.42. The molecule has 30 heavy (non-hydrogen) atoms. The number of phenols is 1. The van der Waals surface area contributed by atoms with E-state index in [0.29, 0.717) is 18.0 Å². The minimum atomic E-state index is -0.519. The van der Waals surface area contributed by atoms with Crippen LogP contribution in [0.5, 0.6) is 5.75 Å². The SMILES string of the molecule is C/C(=N/NC(=O)c1c(CN2CCCC2)nnn1-c1nonc1N)c1ccc(O)cc1. The second kappa shape index (κ2) is 8.29. The van der Waals surface area contributed by atoms with Gasteiger partial charge in [0.2, 0.25) is 11.6 Å². The van der Waals surface area contributed by atoms with Gasteiger partial charge in [0, 0.05) is 6.54 Å². The number of nitrogens with zero attached hydrogens (tertiary/aromatic N) is 7. The van der Waals surface area contributed by atoms with Crippen LogP contribution in [-0.2, 0) is 6.54 Å². The molecular weight excluding hydrogens is 390 g/mol. The molecule has 3 heterocycles. The van der Waals surface area contributed by atoms with Crippen LogP contribution >= 0.6 is 0 Å². The standard InChI is InChI=1S/C18H21N9O3/c1-11(12-4-6-13(28)7-5-12)20-22-18(29)15-14(10-26-8-2-3-9-26)21-25-27(15)17-16(19)23-30-24-17/h4-7,28H,2-3,8-10H2,1H3,(H2,19,23)(H,22,29)/b20-11-. The molecule has 156 valence electrons. The maximum absolute atomic E-state index is 13.0. The number of likely N-dealkylation sites (tertiary alicyclic amines) is 1. The molecule has 0 aliphatic carbocycles. The van der Waals surface area contributed by atoms with Crippen molar-refractivity contribution in [1.82, 2.24) is 35.6 Å². The summed E-state index contributed by atoms with van der Waals surface area (Å²) in [6.07, 6.45) is 2.21. The molecule has 0 bridgehead atoms. The van der Waals surface area contributed by atoms with Crippen molar-refractivity contribution in [2.24, 2.45) is 5.10 Å². The molecule has 1 aliphatic rings. The molecule has 2 aromatic heterocycles. The van der Waals surface area contributed by atoms with E-state index in [1.165, 1.54) is 4.68 Å². The molecule has 1 aromatic carbocycles. The van der Waals surface area contributed by atoms with E-state index in [2.05, 4.69) is 40.7 Å². The fourth-order valence-electron chi connectivity index (χ4n) is 3.24. The highest BCUT2D eigenvalue weighted by Gasteiger charge is 2.27. The summed E-state index contributed by atoms with van der Waals surface area (Å²) < 4.78 is 5.85. The molecule has 0 unspecified atom stereocenters. The minimum absolute atomic E-state index is 0.00884. The lowest BCUT2D eigenvalue weighted by atomic mass is 10.1. The summed E-state index contributed by atoms with van der Waals surface area (Å²) in [7, 11) is 0. The number of nitrogen functional groups attached to an aromatic ring is 1. The summed E-state index contributed by atoms with van der Waals surface area (Å²) in [6.45, 7) is 4.07. The lowest BCUT2D eigenvalue weighted by Gasteiger charge is -2.13. The fraction of sp³-hybridized carbons (Fsp3) is 0.333. The van der Waals surface area contributed by atoms with E-state index in [-0.39, 0.29) is 23.1 Å². The molecule has 1 aliphatic heterocycles. The first-order chi connectivity index (χ1) is 14.5. The largest absolute Gasteiger partial charge is 0.508 e. The van der Waals surface area contributed by atoms with Crippen LogP contribution in [0.1, 0.15) is 41.5 Å². The molecule has 4 rings (SSSR count). The van der Waals surface area contributed by atoms with Crippen LogP contribution in [0.4, 0.5) is 5.82 Å². The molecule has 0 spiro atoms. The monoisotopic (exact) mass is 411 g/mol. The van der Waals surface area contributed by atoms with Crippen molar-refractivity contribution < 1.29 is 14.5 Å². The summed E-state index contributed by atoms with van der Waals surface area (Å²) in [5, 5.41) is 29.0. The van der Waals surface area contributed by atoms with Crippen molar-refractivity contribution in [2.45, 2.75) is 26.3 Å². The van der Waals surface area contributed by atoms with Gasteiger partial charge in [0.25, 0.3) is 5.91 Å². The first-order valence-electron chi connectivity index (χ1n) is 9.42. The fourth-order valence-corrected chi connectivity index (χ4v) is 3.24. The maximum atomic E-state index is 13.0. The number of anilines is 1. The van der Waals surface area contributed by atoms with Gasteiger partial charge in [-0.2, -0.15) is 9.78 Å². The zero-order valence-electron chi connectivity index (χ0n) is 16.3. The lowest BCUT2D eigenvalue weighted by molar-refractivity contribution is 0.0945. The molecule has 0 saturated carbocycles. The minimum Gasteiger partial charge on any atom is -0.508 e.